The summed E-state index contributed by atoms with van der Waals surface area (Å²) in [7, 11) is 0. The summed E-state index contributed by atoms with van der Waals surface area (Å²) >= 11 is 0. The first-order chi connectivity index (χ1) is 14.6. The maximum atomic E-state index is 13.2. The van der Waals surface area contributed by atoms with Crippen molar-refractivity contribution in [2.24, 2.45) is 0 Å². The van der Waals surface area contributed by atoms with Gasteiger partial charge in [0.25, 0.3) is 5.91 Å². The molecule has 0 spiro atoms. The molecule has 2 amide bonds. The lowest BCUT2D eigenvalue weighted by Gasteiger charge is -2.33. The smallest absolute Gasteiger partial charge is 0.261 e. The average molecular weight is 425 g/mol. The number of amides is 2. The second-order valence-corrected chi connectivity index (χ2v) is 8.90. The van der Waals surface area contributed by atoms with Gasteiger partial charge in [-0.3, -0.25) is 9.59 Å². The van der Waals surface area contributed by atoms with Crippen molar-refractivity contribution in [2.75, 3.05) is 6.61 Å². The van der Waals surface area contributed by atoms with Crippen LogP contribution in [0.1, 0.15) is 57.7 Å². The minimum atomic E-state index is -0.572. The van der Waals surface area contributed by atoms with E-state index in [1.54, 1.807) is 4.90 Å². The zero-order valence-corrected chi connectivity index (χ0v) is 19.7. The highest BCUT2D eigenvalue weighted by atomic mass is 16.5. The number of benzene rings is 2. The Balaban J connectivity index is 2.22. The fourth-order valence-corrected chi connectivity index (χ4v) is 3.39. The van der Waals surface area contributed by atoms with Gasteiger partial charge in [-0.05, 0) is 69.4 Å². The van der Waals surface area contributed by atoms with Crippen LogP contribution in [0.15, 0.2) is 48.5 Å². The Morgan fingerprint density at radius 2 is 1.68 bits per heavy atom. The van der Waals surface area contributed by atoms with Crippen LogP contribution < -0.4 is 10.1 Å². The Kier molecular flexibility index (Phi) is 8.66. The SMILES string of the molecule is CCc1ccc(OCC(=O)N(Cc2ccccc2C)[C@H](CC)C(=O)NC(C)(C)C)cc1. The number of nitrogens with zero attached hydrogens (tertiary/aromatic N) is 1. The summed E-state index contributed by atoms with van der Waals surface area (Å²) in [6.07, 6.45) is 1.47. The topological polar surface area (TPSA) is 58.6 Å². The standard InChI is InChI=1S/C26H36N2O3/c1-7-20-13-15-22(16-14-20)31-18-24(29)28(17-21-12-10-9-11-19(21)3)23(8-2)25(30)27-26(4,5)6/h9-16,23H,7-8,17-18H2,1-6H3,(H,27,30)/t23-/m1/s1. The van der Waals surface area contributed by atoms with Gasteiger partial charge in [0.2, 0.25) is 5.91 Å². The first-order valence-corrected chi connectivity index (χ1v) is 11.0. The minimum absolute atomic E-state index is 0.114. The number of nitrogens with one attached hydrogen (secondary N) is 1. The van der Waals surface area contributed by atoms with E-state index in [2.05, 4.69) is 12.2 Å². The molecule has 1 N–H and O–H groups in total. The summed E-state index contributed by atoms with van der Waals surface area (Å²) in [4.78, 5) is 27.9. The van der Waals surface area contributed by atoms with Crippen molar-refractivity contribution in [3.05, 3.63) is 65.2 Å². The molecule has 0 saturated heterocycles. The number of ether oxygens (including phenoxy) is 1. The van der Waals surface area contributed by atoms with Gasteiger partial charge >= 0.3 is 0 Å². The summed E-state index contributed by atoms with van der Waals surface area (Å²) < 4.78 is 5.77. The molecule has 0 aliphatic rings. The molecule has 5 nitrogen and oxygen atoms in total. The maximum absolute atomic E-state index is 13.2. The predicted octanol–water partition coefficient (Wildman–Crippen LogP) is 4.66. The van der Waals surface area contributed by atoms with E-state index in [0.29, 0.717) is 18.7 Å². The van der Waals surface area contributed by atoms with Crippen LogP contribution in [-0.4, -0.2) is 34.9 Å². The molecular weight excluding hydrogens is 388 g/mol. The zero-order chi connectivity index (χ0) is 23.0. The fraction of sp³-hybridized carbons (Fsp3) is 0.462. The van der Waals surface area contributed by atoms with Crippen molar-refractivity contribution in [3.63, 3.8) is 0 Å². The molecule has 5 heteroatoms. The molecule has 1 atom stereocenters. The number of hydrogen-bond acceptors (Lipinski definition) is 3. The van der Waals surface area contributed by atoms with Gasteiger partial charge in [-0.1, -0.05) is 50.2 Å². The summed E-state index contributed by atoms with van der Waals surface area (Å²) in [5.74, 6) is 0.288. The Morgan fingerprint density at radius 1 is 1.03 bits per heavy atom. The molecule has 2 rings (SSSR count). The minimum Gasteiger partial charge on any atom is -0.484 e. The summed E-state index contributed by atoms with van der Waals surface area (Å²) in [6, 6.07) is 15.1. The fourth-order valence-electron chi connectivity index (χ4n) is 3.39. The molecule has 0 saturated carbocycles. The van der Waals surface area contributed by atoms with Crippen LogP contribution in [0.3, 0.4) is 0 Å². The third-order valence-electron chi connectivity index (χ3n) is 5.18. The van der Waals surface area contributed by atoms with E-state index in [4.69, 9.17) is 4.74 Å². The number of rotatable bonds is 9. The van der Waals surface area contributed by atoms with E-state index < -0.39 is 6.04 Å². The van der Waals surface area contributed by atoms with Crippen LogP contribution in [0.5, 0.6) is 5.75 Å². The molecular formula is C26H36N2O3. The van der Waals surface area contributed by atoms with Crippen LogP contribution in [-0.2, 0) is 22.6 Å². The molecule has 0 radical (unpaired) electrons. The van der Waals surface area contributed by atoms with E-state index in [9.17, 15) is 9.59 Å². The van der Waals surface area contributed by atoms with Crippen LogP contribution in [0.2, 0.25) is 0 Å². The van der Waals surface area contributed by atoms with E-state index in [0.717, 1.165) is 17.5 Å². The van der Waals surface area contributed by atoms with Gasteiger partial charge in [0.05, 0.1) is 0 Å². The number of carbonyl (C=O) groups is 2. The van der Waals surface area contributed by atoms with Gasteiger partial charge in [-0.2, -0.15) is 0 Å². The van der Waals surface area contributed by atoms with Crippen LogP contribution in [0.25, 0.3) is 0 Å². The Labute approximate surface area is 186 Å². The van der Waals surface area contributed by atoms with Crippen molar-refractivity contribution >= 4 is 11.8 Å². The van der Waals surface area contributed by atoms with Crippen molar-refractivity contribution in [3.8, 4) is 5.75 Å². The third-order valence-corrected chi connectivity index (χ3v) is 5.18. The van der Waals surface area contributed by atoms with Crippen molar-refractivity contribution in [2.45, 2.75) is 72.5 Å². The molecule has 168 valence electrons. The summed E-state index contributed by atoms with van der Waals surface area (Å²) in [5.41, 5.74) is 2.94. The van der Waals surface area contributed by atoms with Gasteiger partial charge in [0, 0.05) is 12.1 Å². The Morgan fingerprint density at radius 3 is 2.23 bits per heavy atom. The second-order valence-electron chi connectivity index (χ2n) is 8.90. The Hall–Kier alpha value is -2.82. The molecule has 2 aromatic carbocycles. The van der Waals surface area contributed by atoms with E-state index in [1.807, 2.05) is 83.1 Å². The van der Waals surface area contributed by atoms with Crippen molar-refractivity contribution < 1.29 is 14.3 Å². The van der Waals surface area contributed by atoms with Gasteiger partial charge in [-0.25, -0.2) is 0 Å². The van der Waals surface area contributed by atoms with Crippen LogP contribution in [0.4, 0.5) is 0 Å². The Bertz CT molecular complexity index is 869. The third kappa shape index (κ3) is 7.42. The normalized spacial score (nSPS) is 12.2. The van der Waals surface area contributed by atoms with E-state index in [1.165, 1.54) is 5.56 Å². The predicted molar refractivity (Wildman–Crippen MR) is 125 cm³/mol. The molecule has 0 bridgehead atoms. The molecule has 0 heterocycles. The largest absolute Gasteiger partial charge is 0.484 e. The van der Waals surface area contributed by atoms with E-state index in [-0.39, 0.29) is 24.0 Å². The van der Waals surface area contributed by atoms with Crippen molar-refractivity contribution in [1.29, 1.82) is 0 Å². The highest BCUT2D eigenvalue weighted by molar-refractivity contribution is 5.88. The lowest BCUT2D eigenvalue weighted by Crippen LogP contribution is -2.54. The first-order valence-electron chi connectivity index (χ1n) is 11.0. The molecule has 0 aliphatic heterocycles. The molecule has 31 heavy (non-hydrogen) atoms. The highest BCUT2D eigenvalue weighted by Gasteiger charge is 2.31. The molecule has 0 aliphatic carbocycles. The lowest BCUT2D eigenvalue weighted by atomic mass is 10.0. The van der Waals surface area contributed by atoms with Gasteiger partial charge in [0.1, 0.15) is 11.8 Å². The molecule has 0 aromatic heterocycles. The van der Waals surface area contributed by atoms with Crippen LogP contribution >= 0.6 is 0 Å². The number of aryl methyl sites for hydroxylation is 2. The average Bonchev–Trinajstić information content (AvgIpc) is 2.72. The lowest BCUT2D eigenvalue weighted by molar-refractivity contribution is -0.143. The molecule has 0 unspecified atom stereocenters. The quantitative estimate of drug-likeness (QED) is 0.637. The van der Waals surface area contributed by atoms with Crippen molar-refractivity contribution in [1.82, 2.24) is 10.2 Å². The van der Waals surface area contributed by atoms with Gasteiger partial charge in [-0.15, -0.1) is 0 Å². The number of hydrogen-bond donors (Lipinski definition) is 1. The van der Waals surface area contributed by atoms with E-state index >= 15 is 0 Å². The monoisotopic (exact) mass is 424 g/mol. The molecule has 0 fully saturated rings. The maximum Gasteiger partial charge on any atom is 0.261 e. The number of carbonyl (C=O) groups excluding carboxylic acids is 2. The summed E-state index contributed by atoms with van der Waals surface area (Å²) in [5, 5.41) is 3.02. The van der Waals surface area contributed by atoms with Gasteiger partial charge in [0.15, 0.2) is 6.61 Å². The first kappa shape index (κ1) is 24.4. The molecule has 2 aromatic rings. The zero-order valence-electron chi connectivity index (χ0n) is 19.7. The second kappa shape index (κ2) is 11.0. The summed E-state index contributed by atoms with van der Waals surface area (Å²) in [6.45, 7) is 12.1. The van der Waals surface area contributed by atoms with Gasteiger partial charge < -0.3 is 15.0 Å². The van der Waals surface area contributed by atoms with Crippen LogP contribution in [0, 0.1) is 6.92 Å². The highest BCUT2D eigenvalue weighted by Crippen LogP contribution is 2.18.